The van der Waals surface area contributed by atoms with Crippen molar-refractivity contribution in [3.63, 3.8) is 0 Å². The standard InChI is InChI=1S/C34H30F3N5O5/c1-19-17-42(18-40-19)26-13-21(31(38)44)14-27(30(26)34(35,36)37)47-32(45)25-7-5-6-20-12-22(8-9-24(20)25)46-23-10-11-39-28(15-23)41-29(43)16-33(2,3)4/h5-15,17-18H,16H2,1-4H3,(H2,38,44)(H,39,41,43). The molecule has 5 rings (SSSR count). The SMILES string of the molecule is Cc1cn(-c2cc(C(N)=O)cc(OC(=O)c3cccc4cc(Oc5ccnc(NC(=O)CC(C)(C)C)c5)ccc34)c2C(F)(F)F)cn1. The molecule has 47 heavy (non-hydrogen) atoms. The maximum absolute atomic E-state index is 14.4. The van der Waals surface area contributed by atoms with Crippen LogP contribution in [0.5, 0.6) is 17.2 Å². The summed E-state index contributed by atoms with van der Waals surface area (Å²) in [7, 11) is 0. The predicted octanol–water partition coefficient (Wildman–Crippen LogP) is 7.23. The average Bonchev–Trinajstić information content (AvgIpc) is 3.41. The Kier molecular flexibility index (Phi) is 8.75. The number of carbonyl (C=O) groups is 3. The number of hydrogen-bond acceptors (Lipinski definition) is 7. The molecule has 10 nitrogen and oxygen atoms in total. The summed E-state index contributed by atoms with van der Waals surface area (Å²) in [5.74, 6) is -2.10. The highest BCUT2D eigenvalue weighted by molar-refractivity contribution is 6.06. The van der Waals surface area contributed by atoms with Crippen molar-refractivity contribution in [1.82, 2.24) is 14.5 Å². The van der Waals surface area contributed by atoms with E-state index in [1.54, 1.807) is 49.4 Å². The summed E-state index contributed by atoms with van der Waals surface area (Å²) >= 11 is 0. The van der Waals surface area contributed by atoms with E-state index in [1.807, 2.05) is 20.8 Å². The van der Waals surface area contributed by atoms with Crippen molar-refractivity contribution in [3.05, 3.63) is 102 Å². The monoisotopic (exact) mass is 645 g/mol. The fourth-order valence-electron chi connectivity index (χ4n) is 4.87. The van der Waals surface area contributed by atoms with Crippen molar-refractivity contribution < 1.29 is 37.0 Å². The van der Waals surface area contributed by atoms with E-state index in [4.69, 9.17) is 15.2 Å². The van der Waals surface area contributed by atoms with Crippen LogP contribution < -0.4 is 20.5 Å². The number of benzene rings is 3. The lowest BCUT2D eigenvalue weighted by atomic mass is 9.92. The molecule has 0 spiro atoms. The second-order valence-electron chi connectivity index (χ2n) is 12.0. The lowest BCUT2D eigenvalue weighted by Crippen LogP contribution is -2.20. The molecule has 2 aromatic heterocycles. The van der Waals surface area contributed by atoms with Crippen LogP contribution in [0, 0.1) is 12.3 Å². The average molecular weight is 646 g/mol. The topological polar surface area (TPSA) is 138 Å². The third kappa shape index (κ3) is 7.75. The van der Waals surface area contributed by atoms with E-state index in [1.165, 1.54) is 18.5 Å². The van der Waals surface area contributed by atoms with Gasteiger partial charge in [-0.05, 0) is 65.6 Å². The van der Waals surface area contributed by atoms with Crippen molar-refractivity contribution >= 4 is 34.4 Å². The summed E-state index contributed by atoms with van der Waals surface area (Å²) in [6.07, 6.45) is -0.710. The first-order valence-corrected chi connectivity index (χ1v) is 14.3. The maximum Gasteiger partial charge on any atom is 0.422 e. The summed E-state index contributed by atoms with van der Waals surface area (Å²) in [5, 5.41) is 3.65. The van der Waals surface area contributed by atoms with Gasteiger partial charge in [0.25, 0.3) is 0 Å². The molecule has 3 aromatic carbocycles. The van der Waals surface area contributed by atoms with Crippen molar-refractivity contribution in [2.75, 3.05) is 5.32 Å². The molecule has 0 saturated carbocycles. The molecule has 0 aliphatic carbocycles. The number of esters is 1. The smallest absolute Gasteiger partial charge is 0.422 e. The number of imidazole rings is 1. The lowest BCUT2D eigenvalue weighted by Gasteiger charge is -2.19. The molecule has 242 valence electrons. The number of carbonyl (C=O) groups excluding carboxylic acids is 3. The molecule has 0 atom stereocenters. The van der Waals surface area contributed by atoms with Crippen LogP contribution in [0.2, 0.25) is 0 Å². The number of primary amides is 1. The number of anilines is 1. The molecule has 3 N–H and O–H groups in total. The molecule has 0 aliphatic rings. The largest absolute Gasteiger partial charge is 0.457 e. The highest BCUT2D eigenvalue weighted by Crippen LogP contribution is 2.42. The molecule has 0 aliphatic heterocycles. The number of alkyl halides is 3. The van der Waals surface area contributed by atoms with Gasteiger partial charge in [-0.15, -0.1) is 0 Å². The molecule has 13 heteroatoms. The van der Waals surface area contributed by atoms with Crippen LogP contribution in [-0.2, 0) is 11.0 Å². The van der Waals surface area contributed by atoms with E-state index in [9.17, 15) is 27.6 Å². The summed E-state index contributed by atoms with van der Waals surface area (Å²) in [6.45, 7) is 7.43. The minimum Gasteiger partial charge on any atom is -0.457 e. The fraction of sp³-hybridized carbons (Fsp3) is 0.206. The Morgan fingerprint density at radius 1 is 0.957 bits per heavy atom. The molecule has 0 bridgehead atoms. The zero-order valence-corrected chi connectivity index (χ0v) is 25.8. The van der Waals surface area contributed by atoms with Gasteiger partial charge in [0.2, 0.25) is 11.8 Å². The molecular formula is C34H30F3N5O5. The Bertz CT molecular complexity index is 2010. The van der Waals surface area contributed by atoms with Gasteiger partial charge >= 0.3 is 12.1 Å². The van der Waals surface area contributed by atoms with E-state index >= 15 is 0 Å². The van der Waals surface area contributed by atoms with Crippen LogP contribution in [-0.4, -0.2) is 32.3 Å². The zero-order valence-electron chi connectivity index (χ0n) is 25.8. The number of rotatable bonds is 8. The van der Waals surface area contributed by atoms with E-state index in [-0.39, 0.29) is 22.4 Å². The Hall–Kier alpha value is -5.72. The van der Waals surface area contributed by atoms with E-state index in [2.05, 4.69) is 15.3 Å². The van der Waals surface area contributed by atoms with Gasteiger partial charge in [0.05, 0.1) is 23.3 Å². The Morgan fingerprint density at radius 3 is 2.36 bits per heavy atom. The number of pyridine rings is 1. The zero-order chi connectivity index (χ0) is 34.1. The number of halogens is 3. The van der Waals surface area contributed by atoms with Gasteiger partial charge in [-0.3, -0.25) is 9.59 Å². The summed E-state index contributed by atoms with van der Waals surface area (Å²) in [4.78, 5) is 45.9. The molecule has 2 amide bonds. The Morgan fingerprint density at radius 2 is 1.70 bits per heavy atom. The van der Waals surface area contributed by atoms with Crippen molar-refractivity contribution in [2.45, 2.75) is 40.3 Å². The van der Waals surface area contributed by atoms with Crippen LogP contribution >= 0.6 is 0 Å². The minimum atomic E-state index is -4.98. The summed E-state index contributed by atoms with van der Waals surface area (Å²) in [6, 6.07) is 14.4. The third-order valence-corrected chi connectivity index (χ3v) is 6.84. The number of ether oxygens (including phenoxy) is 2. The lowest BCUT2D eigenvalue weighted by molar-refractivity contribution is -0.138. The van der Waals surface area contributed by atoms with Crippen molar-refractivity contribution in [2.24, 2.45) is 11.1 Å². The van der Waals surface area contributed by atoms with Gasteiger partial charge in [-0.2, -0.15) is 13.2 Å². The van der Waals surface area contributed by atoms with Gasteiger partial charge in [0, 0.05) is 30.4 Å². The summed E-state index contributed by atoms with van der Waals surface area (Å²) in [5.41, 5.74) is 3.54. The number of amides is 2. The van der Waals surface area contributed by atoms with Crippen LogP contribution in [0.1, 0.15) is 59.2 Å². The number of aromatic nitrogens is 3. The van der Waals surface area contributed by atoms with Crippen LogP contribution in [0.25, 0.3) is 16.5 Å². The van der Waals surface area contributed by atoms with Gasteiger partial charge in [0.1, 0.15) is 28.6 Å². The normalized spacial score (nSPS) is 11.7. The molecule has 0 saturated heterocycles. The van der Waals surface area contributed by atoms with E-state index in [0.29, 0.717) is 40.2 Å². The quantitative estimate of drug-likeness (QED) is 0.134. The first kappa shape index (κ1) is 32.7. The van der Waals surface area contributed by atoms with Gasteiger partial charge in [-0.1, -0.05) is 32.9 Å². The molecule has 0 unspecified atom stereocenters. The first-order chi connectivity index (χ1) is 22.1. The minimum absolute atomic E-state index is 0.0283. The molecule has 0 radical (unpaired) electrons. The third-order valence-electron chi connectivity index (χ3n) is 6.84. The Balaban J connectivity index is 1.44. The van der Waals surface area contributed by atoms with Gasteiger partial charge < -0.3 is 25.1 Å². The van der Waals surface area contributed by atoms with Crippen LogP contribution in [0.15, 0.2) is 79.4 Å². The molecule has 2 heterocycles. The molecule has 5 aromatic rings. The molecular weight excluding hydrogens is 615 g/mol. The van der Waals surface area contributed by atoms with Gasteiger partial charge in [0.15, 0.2) is 0 Å². The highest BCUT2D eigenvalue weighted by Gasteiger charge is 2.39. The highest BCUT2D eigenvalue weighted by atomic mass is 19.4. The van der Waals surface area contributed by atoms with Crippen LogP contribution in [0.4, 0.5) is 19.0 Å². The number of nitrogens with zero attached hydrogens (tertiary/aromatic N) is 3. The van der Waals surface area contributed by atoms with E-state index < -0.39 is 35.1 Å². The number of nitrogens with one attached hydrogen (secondary N) is 1. The first-order valence-electron chi connectivity index (χ1n) is 14.3. The number of hydrogen-bond donors (Lipinski definition) is 2. The summed E-state index contributed by atoms with van der Waals surface area (Å²) < 4.78 is 55.7. The maximum atomic E-state index is 14.4. The van der Waals surface area contributed by atoms with Crippen molar-refractivity contribution in [3.8, 4) is 22.9 Å². The number of nitrogens with two attached hydrogens (primary N) is 1. The van der Waals surface area contributed by atoms with Crippen molar-refractivity contribution in [1.29, 1.82) is 0 Å². The van der Waals surface area contributed by atoms with E-state index in [0.717, 1.165) is 23.0 Å². The fourth-order valence-corrected chi connectivity index (χ4v) is 4.87. The predicted molar refractivity (Wildman–Crippen MR) is 168 cm³/mol. The number of fused-ring (bicyclic) bond motifs is 1. The second-order valence-corrected chi connectivity index (χ2v) is 12.0. The number of aryl methyl sites for hydroxylation is 1. The molecule has 0 fully saturated rings. The Labute approximate surface area is 267 Å². The van der Waals surface area contributed by atoms with Crippen LogP contribution in [0.3, 0.4) is 0 Å². The van der Waals surface area contributed by atoms with Gasteiger partial charge in [-0.25, -0.2) is 14.8 Å². The second kappa shape index (κ2) is 12.6.